The van der Waals surface area contributed by atoms with E-state index in [-0.39, 0.29) is 0 Å². The molecule has 1 saturated heterocycles. The molecular formula is C19H31BrN4O. The van der Waals surface area contributed by atoms with E-state index >= 15 is 0 Å². The average molecular weight is 411 g/mol. The molecular weight excluding hydrogens is 380 g/mol. The second-order valence-corrected chi connectivity index (χ2v) is 7.62. The van der Waals surface area contributed by atoms with Crippen LogP contribution in [-0.4, -0.2) is 49.7 Å². The van der Waals surface area contributed by atoms with E-state index in [0.717, 1.165) is 54.2 Å². The molecule has 0 atom stereocenters. The Kier molecular flexibility index (Phi) is 8.03. The summed E-state index contributed by atoms with van der Waals surface area (Å²) in [5.74, 6) is 1.75. The first kappa shape index (κ1) is 20.0. The van der Waals surface area contributed by atoms with Crippen LogP contribution >= 0.6 is 15.9 Å². The Labute approximate surface area is 160 Å². The first-order valence-corrected chi connectivity index (χ1v) is 9.94. The van der Waals surface area contributed by atoms with Gasteiger partial charge >= 0.3 is 0 Å². The SMILES string of the molecule is CCNC(=NCc1cc(Br)ccc1OC)NC1CCN(C(C)C)CC1. The normalized spacial score (nSPS) is 17.0. The summed E-state index contributed by atoms with van der Waals surface area (Å²) in [5.41, 5.74) is 1.07. The van der Waals surface area contributed by atoms with Crippen LogP contribution in [0.15, 0.2) is 27.7 Å². The largest absolute Gasteiger partial charge is 0.496 e. The molecule has 0 amide bonds. The molecule has 1 aliphatic heterocycles. The summed E-state index contributed by atoms with van der Waals surface area (Å²) in [6.45, 7) is 10.4. The summed E-state index contributed by atoms with van der Waals surface area (Å²) in [5, 5.41) is 6.96. The van der Waals surface area contributed by atoms with Gasteiger partial charge in [-0.3, -0.25) is 0 Å². The van der Waals surface area contributed by atoms with E-state index in [0.29, 0.717) is 18.6 Å². The van der Waals surface area contributed by atoms with Crippen LogP contribution in [0.5, 0.6) is 5.75 Å². The van der Waals surface area contributed by atoms with Crippen LogP contribution in [0.1, 0.15) is 39.2 Å². The molecule has 1 aromatic carbocycles. The molecule has 5 nitrogen and oxygen atoms in total. The van der Waals surface area contributed by atoms with Gasteiger partial charge in [0.05, 0.1) is 13.7 Å². The number of piperidine rings is 1. The van der Waals surface area contributed by atoms with Gasteiger partial charge in [0.1, 0.15) is 5.75 Å². The van der Waals surface area contributed by atoms with Gasteiger partial charge in [0.15, 0.2) is 5.96 Å². The molecule has 0 aliphatic carbocycles. The third-order valence-corrected chi connectivity index (χ3v) is 5.09. The fraction of sp³-hybridized carbons (Fsp3) is 0.632. The summed E-state index contributed by atoms with van der Waals surface area (Å²) in [7, 11) is 1.70. The van der Waals surface area contributed by atoms with Gasteiger partial charge in [-0.25, -0.2) is 4.99 Å². The van der Waals surface area contributed by atoms with E-state index < -0.39 is 0 Å². The number of guanidine groups is 1. The molecule has 0 aromatic heterocycles. The van der Waals surface area contributed by atoms with Crippen LogP contribution in [0.3, 0.4) is 0 Å². The maximum Gasteiger partial charge on any atom is 0.191 e. The molecule has 6 heteroatoms. The Morgan fingerprint density at radius 2 is 2.08 bits per heavy atom. The molecule has 1 heterocycles. The van der Waals surface area contributed by atoms with Crippen LogP contribution in [0, 0.1) is 0 Å². The number of aliphatic imine (C=N–C) groups is 1. The molecule has 0 unspecified atom stereocenters. The highest BCUT2D eigenvalue weighted by atomic mass is 79.9. The third kappa shape index (κ3) is 6.19. The Hall–Kier alpha value is -1.27. The maximum absolute atomic E-state index is 5.44. The van der Waals surface area contributed by atoms with E-state index in [1.807, 2.05) is 12.1 Å². The van der Waals surface area contributed by atoms with E-state index in [1.165, 1.54) is 0 Å². The molecule has 0 radical (unpaired) electrons. The molecule has 2 N–H and O–H groups in total. The van der Waals surface area contributed by atoms with Gasteiger partial charge < -0.3 is 20.3 Å². The van der Waals surface area contributed by atoms with Gasteiger partial charge in [-0.2, -0.15) is 0 Å². The van der Waals surface area contributed by atoms with Crippen LogP contribution in [0.4, 0.5) is 0 Å². The number of hydrogen-bond donors (Lipinski definition) is 2. The average Bonchev–Trinajstić information content (AvgIpc) is 2.60. The number of benzene rings is 1. The third-order valence-electron chi connectivity index (χ3n) is 4.59. The first-order chi connectivity index (χ1) is 12.0. The van der Waals surface area contributed by atoms with Crippen LogP contribution in [-0.2, 0) is 6.54 Å². The zero-order valence-electron chi connectivity index (χ0n) is 15.8. The highest BCUT2D eigenvalue weighted by Crippen LogP contribution is 2.23. The predicted octanol–water partition coefficient (Wildman–Crippen LogP) is 3.39. The molecule has 1 aromatic rings. The van der Waals surface area contributed by atoms with Crippen molar-refractivity contribution in [3.05, 3.63) is 28.2 Å². The summed E-state index contributed by atoms with van der Waals surface area (Å²) in [6, 6.07) is 7.13. The Morgan fingerprint density at radius 1 is 1.36 bits per heavy atom. The lowest BCUT2D eigenvalue weighted by atomic mass is 10.0. The number of likely N-dealkylation sites (tertiary alicyclic amines) is 1. The minimum absolute atomic E-state index is 0.484. The molecule has 0 bridgehead atoms. The monoisotopic (exact) mass is 410 g/mol. The Balaban J connectivity index is 1.98. The zero-order valence-corrected chi connectivity index (χ0v) is 17.4. The second-order valence-electron chi connectivity index (χ2n) is 6.70. The summed E-state index contributed by atoms with van der Waals surface area (Å²) < 4.78 is 6.48. The van der Waals surface area contributed by atoms with Crippen LogP contribution < -0.4 is 15.4 Å². The van der Waals surface area contributed by atoms with Gasteiger partial charge in [-0.15, -0.1) is 0 Å². The minimum atomic E-state index is 0.484. The van der Waals surface area contributed by atoms with Crippen molar-refractivity contribution >= 4 is 21.9 Å². The maximum atomic E-state index is 5.44. The number of methoxy groups -OCH3 is 1. The van der Waals surface area contributed by atoms with Crippen molar-refractivity contribution < 1.29 is 4.74 Å². The molecule has 2 rings (SSSR count). The topological polar surface area (TPSA) is 48.9 Å². The highest BCUT2D eigenvalue weighted by molar-refractivity contribution is 9.10. The molecule has 1 fully saturated rings. The molecule has 0 saturated carbocycles. The van der Waals surface area contributed by atoms with E-state index in [9.17, 15) is 0 Å². The van der Waals surface area contributed by atoms with Gasteiger partial charge in [0.25, 0.3) is 0 Å². The number of rotatable bonds is 6. The predicted molar refractivity (Wildman–Crippen MR) is 108 cm³/mol. The lowest BCUT2D eigenvalue weighted by Crippen LogP contribution is -2.49. The van der Waals surface area contributed by atoms with Crippen molar-refractivity contribution in [2.75, 3.05) is 26.7 Å². The summed E-state index contributed by atoms with van der Waals surface area (Å²) in [4.78, 5) is 7.30. The lowest BCUT2D eigenvalue weighted by molar-refractivity contribution is 0.167. The summed E-state index contributed by atoms with van der Waals surface area (Å²) >= 11 is 3.52. The highest BCUT2D eigenvalue weighted by Gasteiger charge is 2.21. The molecule has 1 aliphatic rings. The van der Waals surface area contributed by atoms with Crippen molar-refractivity contribution in [3.63, 3.8) is 0 Å². The van der Waals surface area contributed by atoms with Crippen molar-refractivity contribution in [1.29, 1.82) is 0 Å². The Morgan fingerprint density at radius 3 is 2.68 bits per heavy atom. The number of ether oxygens (including phenoxy) is 1. The molecule has 140 valence electrons. The smallest absolute Gasteiger partial charge is 0.191 e. The van der Waals surface area contributed by atoms with Crippen LogP contribution in [0.25, 0.3) is 0 Å². The standard InChI is InChI=1S/C19H31BrN4O/c1-5-21-19(23-17-8-10-24(11-9-17)14(2)3)22-13-15-12-16(20)6-7-18(15)25-4/h6-7,12,14,17H,5,8-11,13H2,1-4H3,(H2,21,22,23). The number of halogens is 1. The lowest BCUT2D eigenvalue weighted by Gasteiger charge is -2.35. The van der Waals surface area contributed by atoms with Gasteiger partial charge in [0, 0.05) is 41.8 Å². The molecule has 25 heavy (non-hydrogen) atoms. The fourth-order valence-corrected chi connectivity index (χ4v) is 3.52. The van der Waals surface area contributed by atoms with E-state index in [2.05, 4.69) is 58.3 Å². The minimum Gasteiger partial charge on any atom is -0.496 e. The number of nitrogens with zero attached hydrogens (tertiary/aromatic N) is 2. The number of nitrogens with one attached hydrogen (secondary N) is 2. The van der Waals surface area contributed by atoms with Crippen molar-refractivity contribution in [3.8, 4) is 5.75 Å². The zero-order chi connectivity index (χ0) is 18.2. The van der Waals surface area contributed by atoms with Crippen molar-refractivity contribution in [1.82, 2.24) is 15.5 Å². The van der Waals surface area contributed by atoms with Crippen LogP contribution in [0.2, 0.25) is 0 Å². The Bertz CT molecular complexity index is 569. The van der Waals surface area contributed by atoms with Crippen molar-refractivity contribution in [2.24, 2.45) is 4.99 Å². The van der Waals surface area contributed by atoms with Crippen molar-refractivity contribution in [2.45, 2.75) is 52.2 Å². The second kappa shape index (κ2) is 10.0. The van der Waals surface area contributed by atoms with Gasteiger partial charge in [-0.1, -0.05) is 15.9 Å². The number of hydrogen-bond acceptors (Lipinski definition) is 3. The van der Waals surface area contributed by atoms with E-state index in [1.54, 1.807) is 7.11 Å². The van der Waals surface area contributed by atoms with Gasteiger partial charge in [-0.05, 0) is 51.8 Å². The quantitative estimate of drug-likeness (QED) is 0.557. The fourth-order valence-electron chi connectivity index (χ4n) is 3.11. The first-order valence-electron chi connectivity index (χ1n) is 9.14. The van der Waals surface area contributed by atoms with E-state index in [4.69, 9.17) is 9.73 Å². The molecule has 0 spiro atoms. The van der Waals surface area contributed by atoms with Gasteiger partial charge in [0.2, 0.25) is 0 Å². The summed E-state index contributed by atoms with van der Waals surface area (Å²) in [6.07, 6.45) is 2.31.